The van der Waals surface area contributed by atoms with E-state index in [1.54, 1.807) is 13.0 Å². The van der Waals surface area contributed by atoms with Crippen LogP contribution in [0.15, 0.2) is 36.9 Å². The number of halogens is 1. The van der Waals surface area contributed by atoms with Gasteiger partial charge in [-0.05, 0) is 48.2 Å². The van der Waals surface area contributed by atoms with Crippen LogP contribution in [-0.2, 0) is 6.42 Å². The van der Waals surface area contributed by atoms with E-state index in [1.807, 2.05) is 25.1 Å². The zero-order valence-corrected chi connectivity index (χ0v) is 9.68. The van der Waals surface area contributed by atoms with Crippen LogP contribution < -0.4 is 0 Å². The van der Waals surface area contributed by atoms with Gasteiger partial charge in [-0.1, -0.05) is 29.8 Å². The Morgan fingerprint density at radius 1 is 1.25 bits per heavy atom. The fourth-order valence-corrected chi connectivity index (χ4v) is 2.05. The summed E-state index contributed by atoms with van der Waals surface area (Å²) in [6.07, 6.45) is 2.33. The van der Waals surface area contributed by atoms with Gasteiger partial charge in [0.2, 0.25) is 0 Å². The molecule has 0 unspecified atom stereocenters. The summed E-state index contributed by atoms with van der Waals surface area (Å²) in [6, 6.07) is 8.04. The molecule has 1 heteroatoms. The highest BCUT2D eigenvalue weighted by Crippen LogP contribution is 2.26. The normalized spacial score (nSPS) is 10.7. The molecule has 0 aliphatic rings. The first-order valence-corrected chi connectivity index (χ1v) is 5.42. The molecule has 16 heavy (non-hydrogen) atoms. The van der Waals surface area contributed by atoms with Crippen LogP contribution in [0, 0.1) is 19.7 Å². The van der Waals surface area contributed by atoms with Crippen molar-refractivity contribution in [1.82, 2.24) is 0 Å². The lowest BCUT2D eigenvalue weighted by Gasteiger charge is -2.09. The van der Waals surface area contributed by atoms with Crippen molar-refractivity contribution < 1.29 is 4.39 Å². The molecule has 0 aliphatic carbocycles. The second-order valence-corrected chi connectivity index (χ2v) is 4.20. The zero-order valence-electron chi connectivity index (χ0n) is 9.68. The number of rotatable bonds is 2. The second-order valence-electron chi connectivity index (χ2n) is 4.20. The van der Waals surface area contributed by atoms with Crippen LogP contribution in [0.2, 0.25) is 0 Å². The molecule has 0 saturated carbocycles. The fourth-order valence-electron chi connectivity index (χ4n) is 2.05. The van der Waals surface area contributed by atoms with E-state index in [2.05, 4.69) is 12.6 Å². The van der Waals surface area contributed by atoms with Crippen LogP contribution in [0.5, 0.6) is 0 Å². The standard InChI is InChI=1S/C15H15F/c1-4-5-13-14-8-10(2)6-7-12(14)9-11(3)15(13)16/h4,6-9H,1,5H2,2-3H3. The lowest BCUT2D eigenvalue weighted by Crippen LogP contribution is -1.94. The van der Waals surface area contributed by atoms with E-state index in [1.165, 1.54) is 0 Å². The lowest BCUT2D eigenvalue weighted by molar-refractivity contribution is 0.608. The highest BCUT2D eigenvalue weighted by Gasteiger charge is 2.09. The van der Waals surface area contributed by atoms with Crippen LogP contribution in [0.1, 0.15) is 16.7 Å². The Kier molecular flexibility index (Phi) is 2.78. The molecule has 0 radical (unpaired) electrons. The van der Waals surface area contributed by atoms with E-state index in [-0.39, 0.29) is 5.82 Å². The monoisotopic (exact) mass is 214 g/mol. The van der Waals surface area contributed by atoms with Crippen molar-refractivity contribution >= 4 is 10.8 Å². The van der Waals surface area contributed by atoms with Crippen LogP contribution in [0.3, 0.4) is 0 Å². The smallest absolute Gasteiger partial charge is 0.130 e. The SMILES string of the molecule is C=CCc1c(F)c(C)cc2ccc(C)cc12. The van der Waals surface area contributed by atoms with E-state index in [9.17, 15) is 4.39 Å². The predicted molar refractivity (Wildman–Crippen MR) is 67.3 cm³/mol. The molecule has 0 aliphatic heterocycles. The van der Waals surface area contributed by atoms with Gasteiger partial charge in [0.15, 0.2) is 0 Å². The summed E-state index contributed by atoms with van der Waals surface area (Å²) in [6.45, 7) is 7.52. The maximum Gasteiger partial charge on any atom is 0.130 e. The van der Waals surface area contributed by atoms with Gasteiger partial charge in [0.25, 0.3) is 0 Å². The average Bonchev–Trinajstić information content (AvgIpc) is 2.26. The minimum absolute atomic E-state index is 0.0991. The van der Waals surface area contributed by atoms with E-state index < -0.39 is 0 Å². The second kappa shape index (κ2) is 4.09. The first-order chi connectivity index (χ1) is 7.63. The van der Waals surface area contributed by atoms with Crippen molar-refractivity contribution in [2.75, 3.05) is 0 Å². The summed E-state index contributed by atoms with van der Waals surface area (Å²) in [7, 11) is 0. The number of allylic oxidation sites excluding steroid dienone is 1. The summed E-state index contributed by atoms with van der Waals surface area (Å²) < 4.78 is 14.0. The van der Waals surface area contributed by atoms with Crippen molar-refractivity contribution in [2.45, 2.75) is 20.3 Å². The number of benzene rings is 2. The molecule has 0 aromatic heterocycles. The Morgan fingerprint density at radius 2 is 2.00 bits per heavy atom. The molecule has 2 rings (SSSR count). The number of aryl methyl sites for hydroxylation is 2. The van der Waals surface area contributed by atoms with Gasteiger partial charge in [0.05, 0.1) is 0 Å². The van der Waals surface area contributed by atoms with Gasteiger partial charge in [-0.3, -0.25) is 0 Å². The van der Waals surface area contributed by atoms with E-state index in [0.717, 1.165) is 21.9 Å². The van der Waals surface area contributed by atoms with Crippen molar-refractivity contribution in [2.24, 2.45) is 0 Å². The molecular formula is C15H15F. The van der Waals surface area contributed by atoms with E-state index in [0.29, 0.717) is 12.0 Å². The topological polar surface area (TPSA) is 0 Å². The Bertz CT molecular complexity index is 553. The highest BCUT2D eigenvalue weighted by molar-refractivity contribution is 5.87. The summed E-state index contributed by atoms with van der Waals surface area (Å²) in [4.78, 5) is 0. The summed E-state index contributed by atoms with van der Waals surface area (Å²) in [5.74, 6) is -0.0991. The Morgan fingerprint density at radius 3 is 2.69 bits per heavy atom. The Hall–Kier alpha value is -1.63. The molecule has 0 N–H and O–H groups in total. The fraction of sp³-hybridized carbons (Fsp3) is 0.200. The minimum Gasteiger partial charge on any atom is -0.206 e. The van der Waals surface area contributed by atoms with Gasteiger partial charge in [-0.2, -0.15) is 0 Å². The van der Waals surface area contributed by atoms with Crippen molar-refractivity contribution in [3.63, 3.8) is 0 Å². The van der Waals surface area contributed by atoms with Gasteiger partial charge in [0, 0.05) is 0 Å². The largest absolute Gasteiger partial charge is 0.206 e. The van der Waals surface area contributed by atoms with Gasteiger partial charge < -0.3 is 0 Å². The zero-order chi connectivity index (χ0) is 11.7. The Balaban J connectivity index is 2.84. The molecule has 0 saturated heterocycles. The number of hydrogen-bond donors (Lipinski definition) is 0. The first kappa shape index (κ1) is 10.9. The summed E-state index contributed by atoms with van der Waals surface area (Å²) >= 11 is 0. The quantitative estimate of drug-likeness (QED) is 0.653. The van der Waals surface area contributed by atoms with E-state index >= 15 is 0 Å². The number of fused-ring (bicyclic) bond motifs is 1. The first-order valence-electron chi connectivity index (χ1n) is 5.42. The maximum atomic E-state index is 14.0. The summed E-state index contributed by atoms with van der Waals surface area (Å²) in [5, 5.41) is 2.10. The van der Waals surface area contributed by atoms with Crippen molar-refractivity contribution in [3.8, 4) is 0 Å². The number of hydrogen-bond acceptors (Lipinski definition) is 0. The lowest BCUT2D eigenvalue weighted by atomic mass is 9.97. The molecule has 82 valence electrons. The highest BCUT2D eigenvalue weighted by atomic mass is 19.1. The molecule has 0 heterocycles. The maximum absolute atomic E-state index is 14.0. The molecular weight excluding hydrogens is 199 g/mol. The van der Waals surface area contributed by atoms with Crippen LogP contribution in [0.25, 0.3) is 10.8 Å². The van der Waals surface area contributed by atoms with Crippen molar-refractivity contribution in [3.05, 3.63) is 59.4 Å². The van der Waals surface area contributed by atoms with Gasteiger partial charge in [-0.15, -0.1) is 6.58 Å². The Labute approximate surface area is 95.4 Å². The molecule has 0 nitrogen and oxygen atoms in total. The molecule has 2 aromatic rings. The van der Waals surface area contributed by atoms with Gasteiger partial charge in [-0.25, -0.2) is 4.39 Å². The van der Waals surface area contributed by atoms with Crippen LogP contribution >= 0.6 is 0 Å². The predicted octanol–water partition coefficient (Wildman–Crippen LogP) is 4.32. The van der Waals surface area contributed by atoms with E-state index in [4.69, 9.17) is 0 Å². The van der Waals surface area contributed by atoms with Crippen LogP contribution in [0.4, 0.5) is 4.39 Å². The van der Waals surface area contributed by atoms with Crippen LogP contribution in [-0.4, -0.2) is 0 Å². The molecule has 0 amide bonds. The molecule has 2 aromatic carbocycles. The third kappa shape index (κ3) is 1.73. The third-order valence-electron chi connectivity index (χ3n) is 2.87. The van der Waals surface area contributed by atoms with Gasteiger partial charge >= 0.3 is 0 Å². The average molecular weight is 214 g/mol. The third-order valence-corrected chi connectivity index (χ3v) is 2.87. The minimum atomic E-state index is -0.0991. The molecule has 0 fully saturated rings. The molecule has 0 bridgehead atoms. The van der Waals surface area contributed by atoms with Crippen molar-refractivity contribution in [1.29, 1.82) is 0 Å². The molecule has 0 atom stereocenters. The molecule has 0 spiro atoms. The van der Waals surface area contributed by atoms with Gasteiger partial charge in [0.1, 0.15) is 5.82 Å². The summed E-state index contributed by atoms with van der Waals surface area (Å²) in [5.41, 5.74) is 2.61.